The van der Waals surface area contributed by atoms with E-state index in [2.05, 4.69) is 112 Å². The summed E-state index contributed by atoms with van der Waals surface area (Å²) in [6.45, 7) is 3.89. The van der Waals surface area contributed by atoms with Gasteiger partial charge in [-0.3, -0.25) is 0 Å². The summed E-state index contributed by atoms with van der Waals surface area (Å²) in [7, 11) is 0. The quantitative estimate of drug-likeness (QED) is 0.204. The lowest BCUT2D eigenvalue weighted by atomic mass is 10.0. The molecule has 0 N–H and O–H groups in total. The zero-order valence-electron chi connectivity index (χ0n) is 24.8. The van der Waals surface area contributed by atoms with Crippen LogP contribution in [-0.4, -0.2) is 14.9 Å². The molecular weight excluding hydrogens is 554 g/mol. The maximum absolute atomic E-state index is 9.61. The van der Waals surface area contributed by atoms with E-state index in [4.69, 9.17) is 9.47 Å². The van der Waals surface area contributed by atoms with Crippen molar-refractivity contribution in [3.63, 3.8) is 0 Å². The lowest BCUT2D eigenvalue weighted by molar-refractivity contribution is -0.0778. The van der Waals surface area contributed by atoms with Gasteiger partial charge in [-0.2, -0.15) is 5.26 Å². The van der Waals surface area contributed by atoms with E-state index in [1.165, 1.54) is 10.8 Å². The molecule has 0 atom stereocenters. The number of aromatic nitrogens is 2. The summed E-state index contributed by atoms with van der Waals surface area (Å²) < 4.78 is 17.6. The van der Waals surface area contributed by atoms with Crippen molar-refractivity contribution < 1.29 is 9.47 Å². The summed E-state index contributed by atoms with van der Waals surface area (Å²) in [5, 5.41) is 14.2. The van der Waals surface area contributed by atoms with Crippen LogP contribution in [0.2, 0.25) is 0 Å². The van der Waals surface area contributed by atoms with Crippen LogP contribution in [0.5, 0.6) is 11.5 Å². The molecule has 0 radical (unpaired) electrons. The summed E-state index contributed by atoms with van der Waals surface area (Å²) in [4.78, 5) is 0. The smallest absolute Gasteiger partial charge is 0.245 e. The first kappa shape index (κ1) is 25.5. The Morgan fingerprint density at radius 3 is 1.44 bits per heavy atom. The van der Waals surface area contributed by atoms with Gasteiger partial charge in [-0.05, 0) is 72.8 Å². The molecule has 0 amide bonds. The standard InChI is InChI=1S/C40H27N3O2/c1-40(2)44-38-19-16-26(42-34-12-6-3-9-28(34)29-10-4-7-13-35(29)42)22-32(38)33-23-27(17-20-39(33)45-40)43-36-14-8-5-11-30(36)31-21-25(24-41)15-18-37(31)43/h3-23H,1-2H3. The number of benzene rings is 6. The summed E-state index contributed by atoms with van der Waals surface area (Å²) in [6, 6.07) is 46.4. The molecule has 0 fully saturated rings. The van der Waals surface area contributed by atoms with Crippen molar-refractivity contribution in [2.45, 2.75) is 19.6 Å². The van der Waals surface area contributed by atoms with Crippen LogP contribution in [0.4, 0.5) is 0 Å². The van der Waals surface area contributed by atoms with Crippen LogP contribution in [0.3, 0.4) is 0 Å². The lowest BCUT2D eigenvalue weighted by Gasteiger charge is -2.25. The molecule has 45 heavy (non-hydrogen) atoms. The molecule has 0 saturated heterocycles. The number of hydrogen-bond acceptors (Lipinski definition) is 3. The third kappa shape index (κ3) is 3.79. The first-order valence-electron chi connectivity index (χ1n) is 15.1. The highest BCUT2D eigenvalue weighted by Gasteiger charge is 2.30. The first-order chi connectivity index (χ1) is 22.0. The predicted octanol–water partition coefficient (Wildman–Crippen LogP) is 9.93. The average molecular weight is 582 g/mol. The molecule has 5 heteroatoms. The number of para-hydroxylation sites is 3. The van der Waals surface area contributed by atoms with Crippen LogP contribution < -0.4 is 9.47 Å². The molecule has 3 heterocycles. The predicted molar refractivity (Wildman–Crippen MR) is 181 cm³/mol. The maximum atomic E-state index is 9.61. The largest absolute Gasteiger partial charge is 0.452 e. The lowest BCUT2D eigenvalue weighted by Crippen LogP contribution is -2.34. The highest BCUT2D eigenvalue weighted by Crippen LogP contribution is 2.46. The van der Waals surface area contributed by atoms with Gasteiger partial charge < -0.3 is 18.6 Å². The second kappa shape index (κ2) is 9.25. The number of ether oxygens (including phenoxy) is 2. The normalized spacial score (nSPS) is 13.6. The van der Waals surface area contributed by atoms with Crippen LogP contribution >= 0.6 is 0 Å². The molecule has 0 bridgehead atoms. The fourth-order valence-corrected chi connectivity index (χ4v) is 6.98. The Morgan fingerprint density at radius 2 is 0.956 bits per heavy atom. The van der Waals surface area contributed by atoms with Crippen LogP contribution in [0.25, 0.3) is 66.1 Å². The van der Waals surface area contributed by atoms with Gasteiger partial charge in [-0.25, -0.2) is 0 Å². The Kier molecular flexibility index (Phi) is 5.24. The van der Waals surface area contributed by atoms with Gasteiger partial charge in [-0.1, -0.05) is 54.6 Å². The monoisotopic (exact) mass is 581 g/mol. The van der Waals surface area contributed by atoms with Gasteiger partial charge in [0.2, 0.25) is 5.79 Å². The van der Waals surface area contributed by atoms with E-state index in [0.717, 1.165) is 66.8 Å². The second-order valence-corrected chi connectivity index (χ2v) is 12.0. The van der Waals surface area contributed by atoms with Crippen molar-refractivity contribution in [2.75, 3.05) is 0 Å². The molecule has 6 aromatic carbocycles. The summed E-state index contributed by atoms with van der Waals surface area (Å²) in [5.74, 6) is 0.659. The number of rotatable bonds is 2. The van der Waals surface area contributed by atoms with Crippen LogP contribution in [-0.2, 0) is 0 Å². The van der Waals surface area contributed by atoms with Gasteiger partial charge in [-0.15, -0.1) is 0 Å². The number of fused-ring (bicyclic) bond motifs is 9. The molecule has 1 aliphatic heterocycles. The zero-order valence-corrected chi connectivity index (χ0v) is 24.8. The van der Waals surface area contributed by atoms with Crippen molar-refractivity contribution in [2.24, 2.45) is 0 Å². The molecule has 8 aromatic rings. The number of hydrogen-bond donors (Lipinski definition) is 0. The Labute approximate surface area is 259 Å². The molecule has 1 aliphatic rings. The summed E-state index contributed by atoms with van der Waals surface area (Å²) >= 11 is 0. The highest BCUT2D eigenvalue weighted by molar-refractivity contribution is 6.10. The SMILES string of the molecule is CC1(C)Oc2ccc(-n3c4ccccc4c4ccccc43)cc2-c2cc(-n3c4ccccc4c4cc(C#N)ccc43)ccc2O1. The molecule has 0 saturated carbocycles. The Morgan fingerprint density at radius 1 is 0.511 bits per heavy atom. The number of nitriles is 1. The van der Waals surface area contributed by atoms with Gasteiger partial charge in [0.1, 0.15) is 11.5 Å². The second-order valence-electron chi connectivity index (χ2n) is 12.0. The van der Waals surface area contributed by atoms with Gasteiger partial charge in [0.05, 0.1) is 33.7 Å². The Balaban J connectivity index is 1.31. The highest BCUT2D eigenvalue weighted by atomic mass is 16.7. The van der Waals surface area contributed by atoms with E-state index in [9.17, 15) is 5.26 Å². The van der Waals surface area contributed by atoms with E-state index in [-0.39, 0.29) is 0 Å². The van der Waals surface area contributed by atoms with Crippen LogP contribution in [0.1, 0.15) is 19.4 Å². The fraction of sp³-hybridized carbons (Fsp3) is 0.0750. The zero-order chi connectivity index (χ0) is 30.3. The molecule has 2 aromatic heterocycles. The minimum absolute atomic E-state index is 0.645. The van der Waals surface area contributed by atoms with Crippen molar-refractivity contribution in [3.05, 3.63) is 133 Å². The third-order valence-corrected chi connectivity index (χ3v) is 8.83. The van der Waals surface area contributed by atoms with Crippen LogP contribution in [0.15, 0.2) is 127 Å². The van der Waals surface area contributed by atoms with Crippen molar-refractivity contribution in [3.8, 4) is 40.1 Å². The summed E-state index contributed by atoms with van der Waals surface area (Å²) in [5.41, 5.74) is 9.04. The van der Waals surface area contributed by atoms with Crippen molar-refractivity contribution in [1.29, 1.82) is 5.26 Å². The first-order valence-corrected chi connectivity index (χ1v) is 15.1. The van der Waals surface area contributed by atoms with E-state index < -0.39 is 5.79 Å². The van der Waals surface area contributed by atoms with Crippen molar-refractivity contribution in [1.82, 2.24) is 9.13 Å². The molecule has 0 spiro atoms. The minimum Gasteiger partial charge on any atom is -0.452 e. The third-order valence-electron chi connectivity index (χ3n) is 8.83. The van der Waals surface area contributed by atoms with Crippen molar-refractivity contribution >= 4 is 43.6 Å². The molecule has 0 aliphatic carbocycles. The van der Waals surface area contributed by atoms with Gasteiger partial charge in [0.15, 0.2) is 0 Å². The molecular formula is C40H27N3O2. The Hall–Kier alpha value is -5.99. The topological polar surface area (TPSA) is 52.1 Å². The molecule has 5 nitrogen and oxygen atoms in total. The van der Waals surface area contributed by atoms with Gasteiger partial charge in [0, 0.05) is 57.9 Å². The van der Waals surface area contributed by atoms with E-state index in [0.29, 0.717) is 5.56 Å². The van der Waals surface area contributed by atoms with Gasteiger partial charge in [0.25, 0.3) is 0 Å². The molecule has 0 unspecified atom stereocenters. The maximum Gasteiger partial charge on any atom is 0.245 e. The molecule has 214 valence electrons. The van der Waals surface area contributed by atoms with Crippen LogP contribution in [0, 0.1) is 11.3 Å². The van der Waals surface area contributed by atoms with E-state index in [1.807, 2.05) is 44.2 Å². The van der Waals surface area contributed by atoms with E-state index in [1.54, 1.807) is 0 Å². The Bertz CT molecular complexity index is 2490. The minimum atomic E-state index is -0.865. The van der Waals surface area contributed by atoms with Gasteiger partial charge >= 0.3 is 0 Å². The molecule has 9 rings (SSSR count). The van der Waals surface area contributed by atoms with E-state index >= 15 is 0 Å². The average Bonchev–Trinajstić information content (AvgIpc) is 3.54. The summed E-state index contributed by atoms with van der Waals surface area (Å²) in [6.07, 6.45) is 0. The fourth-order valence-electron chi connectivity index (χ4n) is 6.98. The number of nitrogens with zero attached hydrogens (tertiary/aromatic N) is 3.